The van der Waals surface area contributed by atoms with E-state index in [1.54, 1.807) is 0 Å². The zero-order valence-electron chi connectivity index (χ0n) is 20.2. The van der Waals surface area contributed by atoms with Crippen LogP contribution >= 0.6 is 24.0 Å². The molecule has 8 nitrogen and oxygen atoms in total. The van der Waals surface area contributed by atoms with Crippen molar-refractivity contribution in [3.63, 3.8) is 0 Å². The van der Waals surface area contributed by atoms with E-state index in [2.05, 4.69) is 66.7 Å². The normalized spacial score (nSPS) is 16.0. The molecule has 0 spiro atoms. The quantitative estimate of drug-likeness (QED) is 0.179. The Kier molecular flexibility index (Phi) is 11.9. The fraction of sp³-hybridized carbons (Fsp3) is 0.625. The third-order valence-corrected chi connectivity index (χ3v) is 5.28. The molecule has 1 atom stereocenters. The molecular formula is C24H38IN5O3. The Morgan fingerprint density at radius 2 is 2.15 bits per heavy atom. The first kappa shape index (κ1) is 27.4. The van der Waals surface area contributed by atoms with Crippen molar-refractivity contribution in [2.24, 2.45) is 4.99 Å². The molecule has 3 rings (SSSR count). The molecule has 1 aromatic carbocycles. The van der Waals surface area contributed by atoms with E-state index in [1.165, 1.54) is 5.56 Å². The molecule has 1 aliphatic rings. The summed E-state index contributed by atoms with van der Waals surface area (Å²) in [6.07, 6.45) is 4.00. The summed E-state index contributed by atoms with van der Waals surface area (Å²) in [7, 11) is 0. The smallest absolute Gasteiger partial charge is 0.226 e. The van der Waals surface area contributed by atoms with Crippen LogP contribution in [0.3, 0.4) is 0 Å². The number of aliphatic imine (C=N–C) groups is 1. The lowest BCUT2D eigenvalue weighted by atomic mass is 10.1. The SMILES string of the molecule is CCNC(=NCc1ccc(C)cc1OCC1CCCO1)NCCCc1nc(C(C)C)no1.I. The molecule has 33 heavy (non-hydrogen) atoms. The minimum absolute atomic E-state index is 0. The largest absolute Gasteiger partial charge is 0.491 e. The Morgan fingerprint density at radius 1 is 1.30 bits per heavy atom. The molecule has 0 amide bonds. The van der Waals surface area contributed by atoms with Crippen LogP contribution in [-0.4, -0.2) is 48.5 Å². The molecule has 1 unspecified atom stereocenters. The molecule has 0 aliphatic carbocycles. The first-order valence-corrected chi connectivity index (χ1v) is 11.7. The van der Waals surface area contributed by atoms with Gasteiger partial charge in [-0.15, -0.1) is 24.0 Å². The average Bonchev–Trinajstić information content (AvgIpc) is 3.46. The van der Waals surface area contributed by atoms with Gasteiger partial charge in [0.1, 0.15) is 12.4 Å². The van der Waals surface area contributed by atoms with Crippen LogP contribution in [0.4, 0.5) is 0 Å². The summed E-state index contributed by atoms with van der Waals surface area (Å²) in [6, 6.07) is 6.27. The standard InChI is InChI=1S/C24H37N5O3.HI/c1-5-25-24(26-12-6-9-22-28-23(17(2)3)29-32-22)27-15-19-11-10-18(4)14-21(19)31-16-20-8-7-13-30-20;/h10-11,14,17,20H,5-9,12-13,15-16H2,1-4H3,(H2,25,26,27);1H. The van der Waals surface area contributed by atoms with Crippen LogP contribution in [0.15, 0.2) is 27.7 Å². The topological polar surface area (TPSA) is 93.8 Å². The van der Waals surface area contributed by atoms with Crippen molar-refractivity contribution in [1.82, 2.24) is 20.8 Å². The lowest BCUT2D eigenvalue weighted by Gasteiger charge is -2.15. The van der Waals surface area contributed by atoms with Gasteiger partial charge in [0.25, 0.3) is 0 Å². The molecule has 2 aromatic rings. The molecule has 0 saturated carbocycles. The zero-order chi connectivity index (χ0) is 22.8. The number of benzene rings is 1. The predicted molar refractivity (Wildman–Crippen MR) is 141 cm³/mol. The van der Waals surface area contributed by atoms with Crippen molar-refractivity contribution in [3.8, 4) is 5.75 Å². The number of aryl methyl sites for hydroxylation is 2. The number of aromatic nitrogens is 2. The second kappa shape index (κ2) is 14.4. The molecule has 1 saturated heterocycles. The van der Waals surface area contributed by atoms with Crippen LogP contribution in [-0.2, 0) is 17.7 Å². The number of guanidine groups is 1. The lowest BCUT2D eigenvalue weighted by Crippen LogP contribution is -2.37. The summed E-state index contributed by atoms with van der Waals surface area (Å²) in [5, 5.41) is 10.7. The molecular weight excluding hydrogens is 533 g/mol. The Hall–Kier alpha value is -1.88. The second-order valence-corrected chi connectivity index (χ2v) is 8.48. The molecule has 0 bridgehead atoms. The molecule has 1 aromatic heterocycles. The van der Waals surface area contributed by atoms with Crippen LogP contribution in [0, 0.1) is 6.92 Å². The minimum Gasteiger partial charge on any atom is -0.491 e. The summed E-state index contributed by atoms with van der Waals surface area (Å²) < 4.78 is 17.1. The first-order chi connectivity index (χ1) is 15.5. The van der Waals surface area contributed by atoms with Crippen LogP contribution in [0.5, 0.6) is 5.75 Å². The van der Waals surface area contributed by atoms with Crippen molar-refractivity contribution in [2.75, 3.05) is 26.3 Å². The maximum absolute atomic E-state index is 6.10. The molecule has 1 aliphatic heterocycles. The van der Waals surface area contributed by atoms with Crippen LogP contribution in [0.1, 0.15) is 68.8 Å². The Bertz CT molecular complexity index is 866. The van der Waals surface area contributed by atoms with Crippen LogP contribution in [0.25, 0.3) is 0 Å². The Labute approximate surface area is 214 Å². The summed E-state index contributed by atoms with van der Waals surface area (Å²) >= 11 is 0. The van der Waals surface area contributed by atoms with Crippen LogP contribution < -0.4 is 15.4 Å². The van der Waals surface area contributed by atoms with Gasteiger partial charge < -0.3 is 24.6 Å². The highest BCUT2D eigenvalue weighted by molar-refractivity contribution is 14.0. The van der Waals surface area contributed by atoms with Crippen molar-refractivity contribution in [2.45, 2.75) is 71.9 Å². The van der Waals surface area contributed by atoms with Gasteiger partial charge in [-0.2, -0.15) is 4.98 Å². The van der Waals surface area contributed by atoms with E-state index >= 15 is 0 Å². The third kappa shape index (κ3) is 9.11. The van der Waals surface area contributed by atoms with E-state index in [-0.39, 0.29) is 36.0 Å². The number of rotatable bonds is 11. The minimum atomic E-state index is 0. The summed E-state index contributed by atoms with van der Waals surface area (Å²) in [4.78, 5) is 9.18. The van der Waals surface area contributed by atoms with Gasteiger partial charge in [-0.25, -0.2) is 4.99 Å². The monoisotopic (exact) mass is 571 g/mol. The van der Waals surface area contributed by atoms with Gasteiger partial charge >= 0.3 is 0 Å². The molecule has 0 radical (unpaired) electrons. The lowest BCUT2D eigenvalue weighted by molar-refractivity contribution is 0.0676. The van der Waals surface area contributed by atoms with Crippen molar-refractivity contribution in [3.05, 3.63) is 41.0 Å². The molecule has 2 N–H and O–H groups in total. The van der Waals surface area contributed by atoms with E-state index in [1.807, 2.05) is 0 Å². The first-order valence-electron chi connectivity index (χ1n) is 11.7. The van der Waals surface area contributed by atoms with E-state index < -0.39 is 0 Å². The number of hydrogen-bond acceptors (Lipinski definition) is 6. The van der Waals surface area contributed by atoms with Gasteiger partial charge in [0.2, 0.25) is 5.89 Å². The molecule has 2 heterocycles. The fourth-order valence-corrected chi connectivity index (χ4v) is 3.44. The number of nitrogens with zero attached hydrogens (tertiary/aromatic N) is 3. The summed E-state index contributed by atoms with van der Waals surface area (Å²) in [5.41, 5.74) is 2.24. The fourth-order valence-electron chi connectivity index (χ4n) is 3.44. The maximum atomic E-state index is 6.10. The van der Waals surface area contributed by atoms with E-state index in [0.29, 0.717) is 19.0 Å². The highest BCUT2D eigenvalue weighted by Crippen LogP contribution is 2.23. The Morgan fingerprint density at radius 3 is 2.85 bits per heavy atom. The van der Waals surface area contributed by atoms with Crippen molar-refractivity contribution in [1.29, 1.82) is 0 Å². The summed E-state index contributed by atoms with van der Waals surface area (Å²) in [6.45, 7) is 11.8. The average molecular weight is 572 g/mol. The zero-order valence-corrected chi connectivity index (χ0v) is 22.6. The summed E-state index contributed by atoms with van der Waals surface area (Å²) in [5.74, 6) is 3.40. The molecule has 9 heteroatoms. The van der Waals surface area contributed by atoms with Crippen LogP contribution in [0.2, 0.25) is 0 Å². The van der Waals surface area contributed by atoms with Crippen molar-refractivity contribution < 1.29 is 14.0 Å². The van der Waals surface area contributed by atoms with E-state index in [4.69, 9.17) is 19.0 Å². The van der Waals surface area contributed by atoms with Gasteiger partial charge in [-0.3, -0.25) is 0 Å². The predicted octanol–water partition coefficient (Wildman–Crippen LogP) is 4.37. The number of halogens is 1. The van der Waals surface area contributed by atoms with Gasteiger partial charge in [0, 0.05) is 37.6 Å². The highest BCUT2D eigenvalue weighted by atomic mass is 127. The van der Waals surface area contributed by atoms with E-state index in [0.717, 1.165) is 68.5 Å². The van der Waals surface area contributed by atoms with Crippen molar-refractivity contribution >= 4 is 29.9 Å². The van der Waals surface area contributed by atoms with Gasteiger partial charge in [0.15, 0.2) is 11.8 Å². The number of hydrogen-bond donors (Lipinski definition) is 2. The highest BCUT2D eigenvalue weighted by Gasteiger charge is 2.17. The maximum Gasteiger partial charge on any atom is 0.226 e. The Balaban J connectivity index is 0.00000385. The second-order valence-electron chi connectivity index (χ2n) is 8.48. The van der Waals surface area contributed by atoms with Gasteiger partial charge in [0.05, 0.1) is 12.6 Å². The van der Waals surface area contributed by atoms with E-state index in [9.17, 15) is 0 Å². The third-order valence-electron chi connectivity index (χ3n) is 5.28. The molecule has 184 valence electrons. The molecule has 1 fully saturated rings. The van der Waals surface area contributed by atoms with Gasteiger partial charge in [-0.05, 0) is 44.7 Å². The van der Waals surface area contributed by atoms with Gasteiger partial charge in [-0.1, -0.05) is 31.1 Å². The number of nitrogens with one attached hydrogen (secondary N) is 2. The number of ether oxygens (including phenoxy) is 2.